The van der Waals surface area contributed by atoms with Crippen LogP contribution >= 0.6 is 0 Å². The summed E-state index contributed by atoms with van der Waals surface area (Å²) < 4.78 is 5.80. The Morgan fingerprint density at radius 3 is 2.32 bits per heavy atom. The number of hydrogen-bond acceptors (Lipinski definition) is 3. The normalized spacial score (nSPS) is 23.3. The smallest absolute Gasteiger partial charge is 0.253 e. The largest absolute Gasteiger partial charge is 0.457 e. The first-order chi connectivity index (χ1) is 12.2. The van der Waals surface area contributed by atoms with Gasteiger partial charge in [-0.05, 0) is 62.7 Å². The van der Waals surface area contributed by atoms with Gasteiger partial charge < -0.3 is 9.64 Å². The summed E-state index contributed by atoms with van der Waals surface area (Å²) in [5, 5.41) is 0. The summed E-state index contributed by atoms with van der Waals surface area (Å²) in [5.41, 5.74) is 0.962. The minimum absolute atomic E-state index is 0.130. The molecular formula is C21H24N2O2. The average molecular weight is 336 g/mol. The van der Waals surface area contributed by atoms with Gasteiger partial charge in [0.25, 0.3) is 5.91 Å². The minimum atomic E-state index is 0.130. The molecule has 2 heterocycles. The van der Waals surface area contributed by atoms with Crippen molar-refractivity contribution in [1.29, 1.82) is 0 Å². The van der Waals surface area contributed by atoms with Gasteiger partial charge >= 0.3 is 0 Å². The molecule has 2 aliphatic rings. The molecule has 0 radical (unpaired) electrons. The van der Waals surface area contributed by atoms with Crippen molar-refractivity contribution in [3.63, 3.8) is 0 Å². The van der Waals surface area contributed by atoms with Gasteiger partial charge in [0.1, 0.15) is 11.5 Å². The first-order valence-corrected chi connectivity index (χ1v) is 9.00. The second-order valence-corrected chi connectivity index (χ2v) is 7.17. The molecule has 130 valence electrons. The van der Waals surface area contributed by atoms with E-state index < -0.39 is 0 Å². The molecule has 2 aliphatic heterocycles. The Bertz CT molecular complexity index is 744. The maximum atomic E-state index is 12.9. The van der Waals surface area contributed by atoms with Crippen LogP contribution in [0, 0.1) is 0 Å². The third-order valence-electron chi connectivity index (χ3n) is 5.65. The van der Waals surface area contributed by atoms with Gasteiger partial charge in [-0.1, -0.05) is 18.2 Å². The third-order valence-corrected chi connectivity index (χ3v) is 5.65. The zero-order valence-electron chi connectivity index (χ0n) is 14.6. The summed E-state index contributed by atoms with van der Waals surface area (Å²) >= 11 is 0. The molecule has 25 heavy (non-hydrogen) atoms. The number of piperidine rings is 1. The lowest BCUT2D eigenvalue weighted by molar-refractivity contribution is -0.0409. The number of hydrogen-bond donors (Lipinski definition) is 0. The average Bonchev–Trinajstić information content (AvgIpc) is 2.68. The number of para-hydroxylation sites is 1. The number of rotatable bonds is 3. The Labute approximate surface area is 149 Å². The summed E-state index contributed by atoms with van der Waals surface area (Å²) in [6.07, 6.45) is 3.50. The Hall–Kier alpha value is -2.33. The van der Waals surface area contributed by atoms with E-state index in [0.29, 0.717) is 0 Å². The number of benzene rings is 2. The molecule has 1 atom stereocenters. The van der Waals surface area contributed by atoms with E-state index >= 15 is 0 Å². The number of ether oxygens (including phenoxy) is 1. The number of amides is 1. The van der Waals surface area contributed by atoms with E-state index in [4.69, 9.17) is 4.74 Å². The number of nitrogens with zero attached hydrogens (tertiary/aromatic N) is 2. The molecule has 1 amide bonds. The highest BCUT2D eigenvalue weighted by Crippen LogP contribution is 2.37. The van der Waals surface area contributed by atoms with E-state index in [1.807, 2.05) is 59.5 Å². The molecule has 0 aromatic heterocycles. The number of likely N-dealkylation sites (N-methyl/N-ethyl adjacent to an activating group) is 1. The van der Waals surface area contributed by atoms with Crippen molar-refractivity contribution in [2.24, 2.45) is 0 Å². The van der Waals surface area contributed by atoms with E-state index in [2.05, 4.69) is 11.9 Å². The lowest BCUT2D eigenvalue weighted by Crippen LogP contribution is -2.66. The van der Waals surface area contributed by atoms with E-state index in [0.717, 1.165) is 43.1 Å². The topological polar surface area (TPSA) is 32.8 Å². The van der Waals surface area contributed by atoms with E-state index in [1.165, 1.54) is 12.8 Å². The molecule has 0 saturated carbocycles. The van der Waals surface area contributed by atoms with Crippen LogP contribution in [0.1, 0.15) is 29.6 Å². The van der Waals surface area contributed by atoms with E-state index in [-0.39, 0.29) is 11.4 Å². The van der Waals surface area contributed by atoms with Crippen molar-refractivity contribution in [2.75, 3.05) is 26.7 Å². The SMILES string of the molecule is CN1CCC12CCCN(C(=O)c1ccc(Oc3ccccc3)cc1)C2. The van der Waals surface area contributed by atoms with Gasteiger partial charge in [0.05, 0.1) is 0 Å². The summed E-state index contributed by atoms with van der Waals surface area (Å²) in [6, 6.07) is 17.2. The Morgan fingerprint density at radius 1 is 0.960 bits per heavy atom. The van der Waals surface area contributed by atoms with Gasteiger partial charge in [0.15, 0.2) is 0 Å². The zero-order valence-corrected chi connectivity index (χ0v) is 14.6. The standard InChI is InChI=1S/C21H24N2O2/c1-22-15-13-21(22)12-5-14-23(16-21)20(24)17-8-10-19(11-9-17)25-18-6-3-2-4-7-18/h2-4,6-11H,5,12-16H2,1H3. The first-order valence-electron chi connectivity index (χ1n) is 9.00. The monoisotopic (exact) mass is 336 g/mol. The molecule has 2 aromatic rings. The van der Waals surface area contributed by atoms with Crippen LogP contribution in [0.25, 0.3) is 0 Å². The highest BCUT2D eigenvalue weighted by Gasteiger charge is 2.45. The summed E-state index contributed by atoms with van der Waals surface area (Å²) in [5.74, 6) is 1.68. The van der Waals surface area contributed by atoms with Gasteiger partial charge in [0, 0.05) is 30.7 Å². The first kappa shape index (κ1) is 16.2. The number of carbonyl (C=O) groups excluding carboxylic acids is 1. The second-order valence-electron chi connectivity index (χ2n) is 7.17. The van der Waals surface area contributed by atoms with Crippen molar-refractivity contribution in [3.05, 3.63) is 60.2 Å². The molecule has 0 aliphatic carbocycles. The Kier molecular flexibility index (Phi) is 4.22. The van der Waals surface area contributed by atoms with Gasteiger partial charge in [-0.3, -0.25) is 9.69 Å². The quantitative estimate of drug-likeness (QED) is 0.855. The van der Waals surface area contributed by atoms with Gasteiger partial charge in [-0.25, -0.2) is 0 Å². The van der Waals surface area contributed by atoms with Crippen LogP contribution in [0.5, 0.6) is 11.5 Å². The van der Waals surface area contributed by atoms with Crippen molar-refractivity contribution in [2.45, 2.75) is 24.8 Å². The summed E-state index contributed by atoms with van der Waals surface area (Å²) in [7, 11) is 2.17. The van der Waals surface area contributed by atoms with Crippen LogP contribution in [0.15, 0.2) is 54.6 Å². The van der Waals surface area contributed by atoms with Crippen LogP contribution < -0.4 is 4.74 Å². The Balaban J connectivity index is 1.44. The summed E-state index contributed by atoms with van der Waals surface area (Å²) in [6.45, 7) is 2.86. The van der Waals surface area contributed by atoms with Crippen LogP contribution in [0.2, 0.25) is 0 Å². The molecule has 2 saturated heterocycles. The highest BCUT2D eigenvalue weighted by atomic mass is 16.5. The van der Waals surface area contributed by atoms with E-state index in [9.17, 15) is 4.79 Å². The fourth-order valence-electron chi connectivity index (χ4n) is 3.93. The van der Waals surface area contributed by atoms with Crippen LogP contribution in [0.4, 0.5) is 0 Å². The molecule has 4 heteroatoms. The number of likely N-dealkylation sites (tertiary alicyclic amines) is 2. The molecule has 2 aromatic carbocycles. The predicted molar refractivity (Wildman–Crippen MR) is 98.1 cm³/mol. The maximum Gasteiger partial charge on any atom is 0.253 e. The van der Waals surface area contributed by atoms with Gasteiger partial charge in [-0.15, -0.1) is 0 Å². The van der Waals surface area contributed by atoms with Crippen LogP contribution in [-0.4, -0.2) is 47.9 Å². The van der Waals surface area contributed by atoms with Crippen molar-refractivity contribution >= 4 is 5.91 Å². The molecule has 0 bridgehead atoms. The maximum absolute atomic E-state index is 12.9. The molecule has 1 unspecified atom stereocenters. The third kappa shape index (κ3) is 3.14. The van der Waals surface area contributed by atoms with E-state index in [1.54, 1.807) is 0 Å². The highest BCUT2D eigenvalue weighted by molar-refractivity contribution is 5.94. The molecule has 0 N–H and O–H groups in total. The van der Waals surface area contributed by atoms with Gasteiger partial charge in [-0.2, -0.15) is 0 Å². The molecule has 1 spiro atoms. The predicted octanol–water partition coefficient (Wildman–Crippen LogP) is 3.79. The molecule has 4 rings (SSSR count). The fraction of sp³-hybridized carbons (Fsp3) is 0.381. The van der Waals surface area contributed by atoms with Gasteiger partial charge in [0.2, 0.25) is 0 Å². The number of carbonyl (C=O) groups is 1. The van der Waals surface area contributed by atoms with Crippen molar-refractivity contribution in [1.82, 2.24) is 9.80 Å². The van der Waals surface area contributed by atoms with Crippen molar-refractivity contribution < 1.29 is 9.53 Å². The lowest BCUT2D eigenvalue weighted by atomic mass is 9.78. The zero-order chi connectivity index (χ0) is 17.3. The summed E-state index contributed by atoms with van der Waals surface area (Å²) in [4.78, 5) is 17.3. The van der Waals surface area contributed by atoms with Crippen molar-refractivity contribution in [3.8, 4) is 11.5 Å². The lowest BCUT2D eigenvalue weighted by Gasteiger charge is -2.55. The van der Waals surface area contributed by atoms with Crippen LogP contribution in [-0.2, 0) is 0 Å². The Morgan fingerprint density at radius 2 is 1.68 bits per heavy atom. The molecule has 4 nitrogen and oxygen atoms in total. The molecular weight excluding hydrogens is 312 g/mol. The second kappa shape index (κ2) is 6.52. The minimum Gasteiger partial charge on any atom is -0.457 e. The fourth-order valence-corrected chi connectivity index (χ4v) is 3.93. The molecule has 2 fully saturated rings. The van der Waals surface area contributed by atoms with Crippen LogP contribution in [0.3, 0.4) is 0 Å².